The van der Waals surface area contributed by atoms with Gasteiger partial charge in [-0.2, -0.15) is 5.10 Å². The third-order valence-corrected chi connectivity index (χ3v) is 4.41. The Hall–Kier alpha value is -2.63. The van der Waals surface area contributed by atoms with Gasteiger partial charge in [0, 0.05) is 49.9 Å². The summed E-state index contributed by atoms with van der Waals surface area (Å²) < 4.78 is 0. The molecule has 1 saturated heterocycles. The Kier molecular flexibility index (Phi) is 4.93. The number of carbonyl (C=O) groups is 2. The second kappa shape index (κ2) is 7.29. The SMILES string of the molecule is CC(=O)NCc1ccc(C(=O)N2CCC[C@H](c3ccn[nH]3)C2)cc1. The second-order valence-corrected chi connectivity index (χ2v) is 6.21. The number of H-pyrrole nitrogens is 1. The van der Waals surface area contributed by atoms with Crippen molar-refractivity contribution >= 4 is 11.8 Å². The van der Waals surface area contributed by atoms with Crippen LogP contribution in [0.2, 0.25) is 0 Å². The lowest BCUT2D eigenvalue weighted by atomic mass is 9.94. The van der Waals surface area contributed by atoms with E-state index in [1.807, 2.05) is 35.2 Å². The van der Waals surface area contributed by atoms with E-state index in [9.17, 15) is 9.59 Å². The summed E-state index contributed by atoms with van der Waals surface area (Å²) >= 11 is 0. The molecule has 1 fully saturated rings. The number of benzene rings is 1. The zero-order chi connectivity index (χ0) is 16.9. The second-order valence-electron chi connectivity index (χ2n) is 6.21. The van der Waals surface area contributed by atoms with Crippen LogP contribution in [-0.4, -0.2) is 40.0 Å². The molecule has 1 aromatic heterocycles. The van der Waals surface area contributed by atoms with Crippen LogP contribution in [0.1, 0.15) is 47.3 Å². The number of hydrogen-bond donors (Lipinski definition) is 2. The molecule has 1 aromatic carbocycles. The smallest absolute Gasteiger partial charge is 0.253 e. The predicted molar refractivity (Wildman–Crippen MR) is 90.4 cm³/mol. The largest absolute Gasteiger partial charge is 0.352 e. The fourth-order valence-corrected chi connectivity index (χ4v) is 3.08. The molecular formula is C18H22N4O2. The highest BCUT2D eigenvalue weighted by molar-refractivity contribution is 5.94. The van der Waals surface area contributed by atoms with E-state index in [1.165, 1.54) is 6.92 Å². The van der Waals surface area contributed by atoms with Gasteiger partial charge in [-0.15, -0.1) is 0 Å². The number of nitrogens with zero attached hydrogens (tertiary/aromatic N) is 2. The highest BCUT2D eigenvalue weighted by atomic mass is 16.2. The van der Waals surface area contributed by atoms with Crippen molar-refractivity contribution in [3.8, 4) is 0 Å². The van der Waals surface area contributed by atoms with Gasteiger partial charge in [0.15, 0.2) is 0 Å². The lowest BCUT2D eigenvalue weighted by Gasteiger charge is -2.32. The van der Waals surface area contributed by atoms with Crippen molar-refractivity contribution < 1.29 is 9.59 Å². The Morgan fingerprint density at radius 1 is 1.29 bits per heavy atom. The van der Waals surface area contributed by atoms with Crippen molar-refractivity contribution in [2.75, 3.05) is 13.1 Å². The van der Waals surface area contributed by atoms with Crippen molar-refractivity contribution in [2.45, 2.75) is 32.2 Å². The number of nitrogens with one attached hydrogen (secondary N) is 2. The van der Waals surface area contributed by atoms with Crippen molar-refractivity contribution in [3.05, 3.63) is 53.3 Å². The summed E-state index contributed by atoms with van der Waals surface area (Å²) in [5.74, 6) is 0.322. The third kappa shape index (κ3) is 3.82. The maximum atomic E-state index is 12.7. The molecule has 6 nitrogen and oxygen atoms in total. The van der Waals surface area contributed by atoms with E-state index in [0.29, 0.717) is 24.6 Å². The monoisotopic (exact) mass is 326 g/mol. The Morgan fingerprint density at radius 3 is 2.75 bits per heavy atom. The average Bonchev–Trinajstić information content (AvgIpc) is 3.14. The fourth-order valence-electron chi connectivity index (χ4n) is 3.08. The number of aromatic nitrogens is 2. The molecule has 2 aromatic rings. The van der Waals surface area contributed by atoms with Crippen LogP contribution in [0.5, 0.6) is 0 Å². The van der Waals surface area contributed by atoms with Gasteiger partial charge in [-0.3, -0.25) is 14.7 Å². The minimum absolute atomic E-state index is 0.0605. The first-order valence-electron chi connectivity index (χ1n) is 8.25. The predicted octanol–water partition coefficient (Wildman–Crippen LogP) is 2.07. The molecule has 0 unspecified atom stereocenters. The molecule has 2 heterocycles. The van der Waals surface area contributed by atoms with E-state index in [0.717, 1.165) is 30.6 Å². The summed E-state index contributed by atoms with van der Waals surface area (Å²) in [6.07, 6.45) is 3.82. The van der Waals surface area contributed by atoms with E-state index in [4.69, 9.17) is 0 Å². The minimum atomic E-state index is -0.0617. The van der Waals surface area contributed by atoms with Crippen LogP contribution in [0.25, 0.3) is 0 Å². The average molecular weight is 326 g/mol. The summed E-state index contributed by atoms with van der Waals surface area (Å²) in [7, 11) is 0. The summed E-state index contributed by atoms with van der Waals surface area (Å²) in [5.41, 5.74) is 2.76. The lowest BCUT2D eigenvalue weighted by Crippen LogP contribution is -2.39. The van der Waals surface area contributed by atoms with Gasteiger partial charge in [0.1, 0.15) is 0 Å². The zero-order valence-electron chi connectivity index (χ0n) is 13.8. The van der Waals surface area contributed by atoms with Gasteiger partial charge in [-0.05, 0) is 36.6 Å². The first kappa shape index (κ1) is 16.2. The number of aromatic amines is 1. The van der Waals surface area contributed by atoms with Crippen molar-refractivity contribution in [3.63, 3.8) is 0 Å². The van der Waals surface area contributed by atoms with Crippen molar-refractivity contribution in [1.29, 1.82) is 0 Å². The van der Waals surface area contributed by atoms with Gasteiger partial charge < -0.3 is 10.2 Å². The number of hydrogen-bond acceptors (Lipinski definition) is 3. The van der Waals surface area contributed by atoms with Crippen LogP contribution in [0.4, 0.5) is 0 Å². The standard InChI is InChI=1S/C18H22N4O2/c1-13(23)19-11-14-4-6-15(7-5-14)18(24)22-10-2-3-16(12-22)17-8-9-20-21-17/h4-9,16H,2-3,10-12H2,1H3,(H,19,23)(H,20,21)/t16-/m0/s1. The van der Waals surface area contributed by atoms with Crippen LogP contribution in [-0.2, 0) is 11.3 Å². The molecule has 126 valence electrons. The molecule has 24 heavy (non-hydrogen) atoms. The molecule has 0 aliphatic carbocycles. The van der Waals surface area contributed by atoms with Crippen molar-refractivity contribution in [2.24, 2.45) is 0 Å². The molecule has 0 bridgehead atoms. The minimum Gasteiger partial charge on any atom is -0.352 e. The summed E-state index contributed by atoms with van der Waals surface area (Å²) in [5, 5.41) is 9.77. The highest BCUT2D eigenvalue weighted by Crippen LogP contribution is 2.26. The van der Waals surface area contributed by atoms with Gasteiger partial charge >= 0.3 is 0 Å². The molecule has 3 rings (SSSR count). The Bertz CT molecular complexity index is 694. The third-order valence-electron chi connectivity index (χ3n) is 4.41. The molecule has 6 heteroatoms. The highest BCUT2D eigenvalue weighted by Gasteiger charge is 2.26. The van der Waals surface area contributed by atoms with E-state index >= 15 is 0 Å². The van der Waals surface area contributed by atoms with Gasteiger partial charge in [-0.25, -0.2) is 0 Å². The first-order chi connectivity index (χ1) is 11.6. The van der Waals surface area contributed by atoms with Gasteiger partial charge in [0.25, 0.3) is 5.91 Å². The molecule has 2 amide bonds. The Balaban J connectivity index is 1.64. The van der Waals surface area contributed by atoms with E-state index < -0.39 is 0 Å². The molecule has 0 radical (unpaired) electrons. The van der Waals surface area contributed by atoms with Crippen LogP contribution in [0, 0.1) is 0 Å². The number of piperidine rings is 1. The van der Waals surface area contributed by atoms with Crippen LogP contribution < -0.4 is 5.32 Å². The molecule has 0 saturated carbocycles. The molecule has 1 aliphatic heterocycles. The van der Waals surface area contributed by atoms with E-state index in [2.05, 4.69) is 15.5 Å². The topological polar surface area (TPSA) is 78.1 Å². The molecule has 1 aliphatic rings. The fraction of sp³-hybridized carbons (Fsp3) is 0.389. The quantitative estimate of drug-likeness (QED) is 0.903. The van der Waals surface area contributed by atoms with Crippen LogP contribution in [0.15, 0.2) is 36.5 Å². The van der Waals surface area contributed by atoms with Crippen LogP contribution >= 0.6 is 0 Å². The first-order valence-corrected chi connectivity index (χ1v) is 8.25. The van der Waals surface area contributed by atoms with Crippen molar-refractivity contribution in [1.82, 2.24) is 20.4 Å². The summed E-state index contributed by atoms with van der Waals surface area (Å²) in [6.45, 7) is 3.48. The Labute approximate surface area is 141 Å². The summed E-state index contributed by atoms with van der Waals surface area (Å²) in [6, 6.07) is 9.42. The van der Waals surface area contributed by atoms with E-state index in [-0.39, 0.29) is 11.8 Å². The maximum Gasteiger partial charge on any atom is 0.253 e. The molecule has 2 N–H and O–H groups in total. The number of amides is 2. The molecule has 0 spiro atoms. The van der Waals surface area contributed by atoms with Gasteiger partial charge in [-0.1, -0.05) is 12.1 Å². The maximum absolute atomic E-state index is 12.7. The number of likely N-dealkylation sites (tertiary alicyclic amines) is 1. The van der Waals surface area contributed by atoms with E-state index in [1.54, 1.807) is 6.20 Å². The van der Waals surface area contributed by atoms with Gasteiger partial charge in [0.05, 0.1) is 0 Å². The molecule has 1 atom stereocenters. The number of carbonyl (C=O) groups excluding carboxylic acids is 2. The Morgan fingerprint density at radius 2 is 2.08 bits per heavy atom. The zero-order valence-corrected chi connectivity index (χ0v) is 13.8. The molecular weight excluding hydrogens is 304 g/mol. The lowest BCUT2D eigenvalue weighted by molar-refractivity contribution is -0.119. The normalized spacial score (nSPS) is 17.5. The number of rotatable bonds is 4. The summed E-state index contributed by atoms with van der Waals surface area (Å²) in [4.78, 5) is 25.6. The van der Waals surface area contributed by atoms with Crippen LogP contribution in [0.3, 0.4) is 0 Å². The van der Waals surface area contributed by atoms with Gasteiger partial charge in [0.2, 0.25) is 5.91 Å².